The third kappa shape index (κ3) is 2.98. The Morgan fingerprint density at radius 2 is 2.00 bits per heavy atom. The largest absolute Gasteiger partial charge is 0.481 e. The molecule has 2 rings (SSSR count). The maximum absolute atomic E-state index is 12.4. The zero-order chi connectivity index (χ0) is 14.7. The number of nitrogens with zero attached hydrogens (tertiary/aromatic N) is 1. The fraction of sp³-hybridized carbons (Fsp3) is 0.467. The molecule has 20 heavy (non-hydrogen) atoms. The van der Waals surface area contributed by atoms with E-state index in [0.717, 1.165) is 5.75 Å². The van der Waals surface area contributed by atoms with Crippen LogP contribution in [-0.4, -0.2) is 40.7 Å². The highest BCUT2D eigenvalue weighted by Gasteiger charge is 2.38. The van der Waals surface area contributed by atoms with Crippen molar-refractivity contribution in [3.05, 3.63) is 35.4 Å². The van der Waals surface area contributed by atoms with Gasteiger partial charge in [-0.05, 0) is 37.3 Å². The molecule has 1 saturated heterocycles. The van der Waals surface area contributed by atoms with E-state index in [-0.39, 0.29) is 11.9 Å². The first kappa shape index (κ1) is 14.9. The molecule has 0 radical (unpaired) electrons. The monoisotopic (exact) mass is 293 g/mol. The lowest BCUT2D eigenvalue weighted by Crippen LogP contribution is -2.37. The average Bonchev–Trinajstić information content (AvgIpc) is 2.81. The zero-order valence-electron chi connectivity index (χ0n) is 11.7. The summed E-state index contributed by atoms with van der Waals surface area (Å²) in [6.45, 7) is 2.33. The van der Waals surface area contributed by atoms with Gasteiger partial charge in [-0.3, -0.25) is 9.59 Å². The van der Waals surface area contributed by atoms with Crippen molar-refractivity contribution < 1.29 is 14.7 Å². The predicted molar refractivity (Wildman–Crippen MR) is 79.9 cm³/mol. The van der Waals surface area contributed by atoms with E-state index in [1.165, 1.54) is 5.56 Å². The van der Waals surface area contributed by atoms with Crippen molar-refractivity contribution >= 4 is 23.6 Å². The molecule has 0 spiro atoms. The molecule has 1 aliphatic rings. The van der Waals surface area contributed by atoms with Gasteiger partial charge in [-0.15, -0.1) is 0 Å². The summed E-state index contributed by atoms with van der Waals surface area (Å²) < 4.78 is 0. The fourth-order valence-electron chi connectivity index (χ4n) is 2.63. The lowest BCUT2D eigenvalue weighted by Gasteiger charge is -2.23. The van der Waals surface area contributed by atoms with E-state index in [1.807, 2.05) is 37.4 Å². The van der Waals surface area contributed by atoms with Gasteiger partial charge >= 0.3 is 5.97 Å². The molecular formula is C15H19NO3S. The van der Waals surface area contributed by atoms with Gasteiger partial charge < -0.3 is 10.0 Å². The second-order valence-corrected chi connectivity index (χ2v) is 5.97. The third-order valence-electron chi connectivity index (χ3n) is 3.84. The fourth-order valence-corrected chi connectivity index (χ4v) is 3.16. The summed E-state index contributed by atoms with van der Waals surface area (Å²) in [5.41, 5.74) is 1.82. The molecule has 1 aromatic carbocycles. The molecule has 1 fully saturated rings. The lowest BCUT2D eigenvalue weighted by molar-refractivity contribution is -0.142. The summed E-state index contributed by atoms with van der Waals surface area (Å²) in [5, 5.41) is 9.11. The Morgan fingerprint density at radius 3 is 2.50 bits per heavy atom. The molecule has 2 unspecified atom stereocenters. The van der Waals surface area contributed by atoms with Crippen LogP contribution in [0.5, 0.6) is 0 Å². The van der Waals surface area contributed by atoms with Crippen LogP contribution in [0, 0.1) is 5.92 Å². The smallest absolute Gasteiger partial charge is 0.308 e. The number of likely N-dealkylation sites (tertiary alicyclic amines) is 1. The first-order chi connectivity index (χ1) is 9.54. The quantitative estimate of drug-likeness (QED) is 0.926. The summed E-state index contributed by atoms with van der Waals surface area (Å²) >= 11 is 1.74. The van der Waals surface area contributed by atoms with Crippen LogP contribution in [0.2, 0.25) is 0 Å². The van der Waals surface area contributed by atoms with Gasteiger partial charge in [0.25, 0.3) is 5.91 Å². The van der Waals surface area contributed by atoms with Crippen molar-refractivity contribution in [3.8, 4) is 0 Å². The highest BCUT2D eigenvalue weighted by atomic mass is 32.2. The van der Waals surface area contributed by atoms with Crippen LogP contribution in [0.25, 0.3) is 0 Å². The first-order valence-corrected chi connectivity index (χ1v) is 8.05. The second kappa shape index (κ2) is 6.31. The Bertz CT molecular complexity index is 500. The van der Waals surface area contributed by atoms with Gasteiger partial charge in [0.1, 0.15) is 0 Å². The number of carbonyl (C=O) groups excluding carboxylic acids is 1. The van der Waals surface area contributed by atoms with E-state index in [4.69, 9.17) is 5.11 Å². The number of rotatable bonds is 4. The summed E-state index contributed by atoms with van der Waals surface area (Å²) in [4.78, 5) is 25.2. The van der Waals surface area contributed by atoms with Crippen LogP contribution >= 0.6 is 11.8 Å². The number of thioether (sulfide) groups is 1. The molecule has 0 aliphatic carbocycles. The minimum atomic E-state index is -0.817. The molecule has 2 atom stereocenters. The number of carboxylic acids is 1. The molecular weight excluding hydrogens is 274 g/mol. The predicted octanol–water partition coefficient (Wildman–Crippen LogP) is 2.48. The Balaban J connectivity index is 2.10. The van der Waals surface area contributed by atoms with E-state index >= 15 is 0 Å². The molecule has 1 heterocycles. The maximum Gasteiger partial charge on any atom is 0.308 e. The normalized spacial score (nSPS) is 22.0. The van der Waals surface area contributed by atoms with Crippen LogP contribution in [-0.2, 0) is 10.5 Å². The van der Waals surface area contributed by atoms with Gasteiger partial charge in [0.05, 0.1) is 5.92 Å². The molecule has 1 aromatic rings. The number of carboxylic acid groups (broad SMARTS) is 1. The Hall–Kier alpha value is -1.49. The van der Waals surface area contributed by atoms with Gasteiger partial charge in [0, 0.05) is 23.9 Å². The number of hydrogen-bond acceptors (Lipinski definition) is 3. The summed E-state index contributed by atoms with van der Waals surface area (Å²) in [7, 11) is 0. The summed E-state index contributed by atoms with van der Waals surface area (Å²) in [6.07, 6.45) is 2.57. The van der Waals surface area contributed by atoms with Gasteiger partial charge in [-0.2, -0.15) is 11.8 Å². The highest BCUT2D eigenvalue weighted by Crippen LogP contribution is 2.26. The van der Waals surface area contributed by atoms with E-state index in [9.17, 15) is 9.59 Å². The Labute approximate surface area is 123 Å². The molecule has 0 bridgehead atoms. The number of aliphatic carboxylic acids is 1. The second-order valence-electron chi connectivity index (χ2n) is 5.10. The molecule has 1 N–H and O–H groups in total. The van der Waals surface area contributed by atoms with Gasteiger partial charge in [0.15, 0.2) is 0 Å². The van der Waals surface area contributed by atoms with Gasteiger partial charge in [-0.25, -0.2) is 0 Å². The highest BCUT2D eigenvalue weighted by molar-refractivity contribution is 7.97. The molecule has 4 nitrogen and oxygen atoms in total. The summed E-state index contributed by atoms with van der Waals surface area (Å²) in [6, 6.07) is 7.33. The number of benzene rings is 1. The summed E-state index contributed by atoms with van der Waals surface area (Å²) in [5.74, 6) is -0.412. The maximum atomic E-state index is 12.4. The molecule has 0 saturated carbocycles. The number of carbonyl (C=O) groups is 2. The van der Waals surface area contributed by atoms with Crippen molar-refractivity contribution in [2.75, 3.05) is 12.8 Å². The van der Waals surface area contributed by atoms with E-state index < -0.39 is 11.9 Å². The number of amides is 1. The van der Waals surface area contributed by atoms with Crippen molar-refractivity contribution in [1.82, 2.24) is 4.90 Å². The molecule has 1 amide bonds. The third-order valence-corrected chi connectivity index (χ3v) is 4.47. The molecule has 1 aliphatic heterocycles. The van der Waals surface area contributed by atoms with E-state index in [1.54, 1.807) is 16.7 Å². The minimum absolute atomic E-state index is 0.0723. The van der Waals surface area contributed by atoms with Gasteiger partial charge in [0.2, 0.25) is 0 Å². The van der Waals surface area contributed by atoms with Crippen molar-refractivity contribution in [2.45, 2.75) is 25.1 Å². The first-order valence-electron chi connectivity index (χ1n) is 6.66. The molecule has 0 aromatic heterocycles. The molecule has 5 heteroatoms. The van der Waals surface area contributed by atoms with Crippen LogP contribution in [0.1, 0.15) is 29.3 Å². The standard InChI is InChI=1S/C15H19NO3S/c1-10-13(15(18)19)7-8-16(10)14(17)12-5-3-11(4-6-12)9-20-2/h3-6,10,13H,7-9H2,1-2H3,(H,18,19). The van der Waals surface area contributed by atoms with Crippen LogP contribution in [0.15, 0.2) is 24.3 Å². The SMILES string of the molecule is CSCc1ccc(C(=O)N2CCC(C(=O)O)C2C)cc1. The zero-order valence-corrected chi connectivity index (χ0v) is 12.5. The van der Waals surface area contributed by atoms with Crippen LogP contribution in [0.4, 0.5) is 0 Å². The van der Waals surface area contributed by atoms with Crippen molar-refractivity contribution in [3.63, 3.8) is 0 Å². The number of hydrogen-bond donors (Lipinski definition) is 1. The van der Waals surface area contributed by atoms with E-state index in [2.05, 4.69) is 0 Å². The average molecular weight is 293 g/mol. The van der Waals surface area contributed by atoms with Gasteiger partial charge in [-0.1, -0.05) is 12.1 Å². The molecule has 108 valence electrons. The van der Waals surface area contributed by atoms with Crippen molar-refractivity contribution in [2.24, 2.45) is 5.92 Å². The van der Waals surface area contributed by atoms with Crippen LogP contribution in [0.3, 0.4) is 0 Å². The van der Waals surface area contributed by atoms with Crippen molar-refractivity contribution in [1.29, 1.82) is 0 Å². The topological polar surface area (TPSA) is 57.6 Å². The Kier molecular flexibility index (Phi) is 4.70. The van der Waals surface area contributed by atoms with Crippen LogP contribution < -0.4 is 0 Å². The lowest BCUT2D eigenvalue weighted by atomic mass is 10.0. The minimum Gasteiger partial charge on any atom is -0.481 e. The van der Waals surface area contributed by atoms with E-state index in [0.29, 0.717) is 18.5 Å². The Morgan fingerprint density at radius 1 is 1.35 bits per heavy atom.